The van der Waals surface area contributed by atoms with Crippen LogP contribution in [0.1, 0.15) is 21.5 Å². The second-order valence-electron chi connectivity index (χ2n) is 7.71. The number of aryl methyl sites for hydroxylation is 1. The average molecular weight is 462 g/mol. The number of carbonyl (C=O) groups excluding carboxylic acids is 1. The SMILES string of the molecule is Cc1ccc(C(=O)Nc2ccc(S(=O)(=O)N3CCOCC3)cc2)cc1-c1ccc(C#N)cc1. The fraction of sp³-hybridized carbons (Fsp3) is 0.200. The summed E-state index contributed by atoms with van der Waals surface area (Å²) in [6, 6.07) is 20.9. The molecule has 1 aliphatic heterocycles. The fourth-order valence-corrected chi connectivity index (χ4v) is 5.06. The fourth-order valence-electron chi connectivity index (χ4n) is 3.65. The number of anilines is 1. The molecule has 1 fully saturated rings. The van der Waals surface area contributed by atoms with E-state index in [4.69, 9.17) is 10.00 Å². The van der Waals surface area contributed by atoms with Crippen molar-refractivity contribution in [2.45, 2.75) is 11.8 Å². The highest BCUT2D eigenvalue weighted by molar-refractivity contribution is 7.89. The quantitative estimate of drug-likeness (QED) is 0.623. The highest BCUT2D eigenvalue weighted by Gasteiger charge is 2.26. The minimum Gasteiger partial charge on any atom is -0.379 e. The van der Waals surface area contributed by atoms with Gasteiger partial charge < -0.3 is 10.1 Å². The first-order valence-electron chi connectivity index (χ1n) is 10.5. The highest BCUT2D eigenvalue weighted by atomic mass is 32.2. The first kappa shape index (κ1) is 22.7. The molecule has 0 saturated carbocycles. The molecule has 0 radical (unpaired) electrons. The molecule has 0 atom stereocenters. The number of nitriles is 1. The molecule has 4 rings (SSSR count). The summed E-state index contributed by atoms with van der Waals surface area (Å²) in [6.07, 6.45) is 0. The summed E-state index contributed by atoms with van der Waals surface area (Å²) in [6.45, 7) is 3.39. The van der Waals surface area contributed by atoms with Crippen LogP contribution in [0.4, 0.5) is 5.69 Å². The molecule has 0 unspecified atom stereocenters. The molecule has 0 aromatic heterocycles. The van der Waals surface area contributed by atoms with Crippen LogP contribution in [-0.4, -0.2) is 44.9 Å². The van der Waals surface area contributed by atoms with Crippen LogP contribution in [0.25, 0.3) is 11.1 Å². The normalized spacial score (nSPS) is 14.4. The number of amides is 1. The summed E-state index contributed by atoms with van der Waals surface area (Å²) < 4.78 is 32.1. The van der Waals surface area contributed by atoms with Crippen molar-refractivity contribution in [2.24, 2.45) is 0 Å². The van der Waals surface area contributed by atoms with Crippen molar-refractivity contribution in [2.75, 3.05) is 31.6 Å². The topological polar surface area (TPSA) is 99.5 Å². The van der Waals surface area contributed by atoms with E-state index in [1.54, 1.807) is 30.3 Å². The van der Waals surface area contributed by atoms with Gasteiger partial charge in [0.05, 0.1) is 29.7 Å². The summed E-state index contributed by atoms with van der Waals surface area (Å²) in [5, 5.41) is 11.8. The Balaban J connectivity index is 1.51. The summed E-state index contributed by atoms with van der Waals surface area (Å²) in [4.78, 5) is 13.0. The first-order valence-corrected chi connectivity index (χ1v) is 11.9. The molecule has 3 aromatic carbocycles. The van der Waals surface area contributed by atoms with E-state index in [9.17, 15) is 13.2 Å². The second kappa shape index (κ2) is 9.55. The number of morpholine rings is 1. The van der Waals surface area contributed by atoms with E-state index in [0.29, 0.717) is 43.1 Å². The largest absolute Gasteiger partial charge is 0.379 e. The molecule has 33 heavy (non-hydrogen) atoms. The lowest BCUT2D eigenvalue weighted by Gasteiger charge is -2.26. The van der Waals surface area contributed by atoms with Crippen LogP contribution in [-0.2, 0) is 14.8 Å². The van der Waals surface area contributed by atoms with E-state index in [1.165, 1.54) is 16.4 Å². The number of benzene rings is 3. The Hall–Kier alpha value is -3.51. The third kappa shape index (κ3) is 4.96. The summed E-state index contributed by atoms with van der Waals surface area (Å²) in [7, 11) is -3.59. The highest BCUT2D eigenvalue weighted by Crippen LogP contribution is 2.26. The van der Waals surface area contributed by atoms with Gasteiger partial charge in [-0.15, -0.1) is 0 Å². The number of nitrogens with one attached hydrogen (secondary N) is 1. The van der Waals surface area contributed by atoms with E-state index in [1.807, 2.05) is 31.2 Å². The predicted octanol–water partition coefficient (Wildman–Crippen LogP) is 3.81. The number of sulfonamides is 1. The molecule has 8 heteroatoms. The Morgan fingerprint density at radius 3 is 2.30 bits per heavy atom. The van der Waals surface area contributed by atoms with Gasteiger partial charge in [-0.1, -0.05) is 18.2 Å². The molecule has 7 nitrogen and oxygen atoms in total. The zero-order valence-electron chi connectivity index (χ0n) is 18.1. The van der Waals surface area contributed by atoms with E-state index >= 15 is 0 Å². The van der Waals surface area contributed by atoms with Crippen LogP contribution in [0.15, 0.2) is 71.6 Å². The lowest BCUT2D eigenvalue weighted by atomic mass is 9.97. The summed E-state index contributed by atoms with van der Waals surface area (Å²) in [5.74, 6) is -0.298. The van der Waals surface area contributed by atoms with Gasteiger partial charge in [0.15, 0.2) is 0 Å². The average Bonchev–Trinajstić information content (AvgIpc) is 2.85. The Kier molecular flexibility index (Phi) is 6.56. The maximum absolute atomic E-state index is 12.8. The van der Waals surface area contributed by atoms with Crippen LogP contribution in [0.3, 0.4) is 0 Å². The van der Waals surface area contributed by atoms with Crippen LogP contribution < -0.4 is 5.32 Å². The van der Waals surface area contributed by atoms with Gasteiger partial charge >= 0.3 is 0 Å². The van der Waals surface area contributed by atoms with Crippen LogP contribution in [0, 0.1) is 18.3 Å². The Labute approximate surface area is 193 Å². The summed E-state index contributed by atoms with van der Waals surface area (Å²) in [5.41, 5.74) is 4.38. The van der Waals surface area contributed by atoms with Gasteiger partial charge in [0.1, 0.15) is 0 Å². The maximum atomic E-state index is 12.8. The van der Waals surface area contributed by atoms with Gasteiger partial charge in [-0.2, -0.15) is 9.57 Å². The van der Waals surface area contributed by atoms with Crippen LogP contribution in [0.5, 0.6) is 0 Å². The zero-order chi connectivity index (χ0) is 23.4. The van der Waals surface area contributed by atoms with E-state index in [2.05, 4.69) is 11.4 Å². The number of ether oxygens (including phenoxy) is 1. The zero-order valence-corrected chi connectivity index (χ0v) is 18.9. The Morgan fingerprint density at radius 1 is 1.00 bits per heavy atom. The molecule has 1 aliphatic rings. The molecule has 0 bridgehead atoms. The molecule has 1 saturated heterocycles. The van der Waals surface area contributed by atoms with Crippen molar-refractivity contribution >= 4 is 21.6 Å². The number of nitrogens with zero attached hydrogens (tertiary/aromatic N) is 2. The van der Waals surface area contributed by atoms with E-state index in [0.717, 1.165) is 16.7 Å². The number of carbonyl (C=O) groups is 1. The van der Waals surface area contributed by atoms with Crippen molar-refractivity contribution in [3.05, 3.63) is 83.4 Å². The molecule has 1 amide bonds. The van der Waals surface area contributed by atoms with Crippen molar-refractivity contribution < 1.29 is 17.9 Å². The molecule has 0 spiro atoms. The minimum absolute atomic E-state index is 0.181. The van der Waals surface area contributed by atoms with Gasteiger partial charge in [0, 0.05) is 24.3 Å². The van der Waals surface area contributed by atoms with Gasteiger partial charge in [0.25, 0.3) is 5.91 Å². The molecular weight excluding hydrogens is 438 g/mol. The molecule has 1 heterocycles. The predicted molar refractivity (Wildman–Crippen MR) is 125 cm³/mol. The maximum Gasteiger partial charge on any atom is 0.255 e. The van der Waals surface area contributed by atoms with Gasteiger partial charge in [-0.3, -0.25) is 4.79 Å². The first-order chi connectivity index (χ1) is 15.9. The lowest BCUT2D eigenvalue weighted by Crippen LogP contribution is -2.40. The van der Waals surface area contributed by atoms with Crippen molar-refractivity contribution in [3.63, 3.8) is 0 Å². The number of hydrogen-bond acceptors (Lipinski definition) is 5. The van der Waals surface area contributed by atoms with Gasteiger partial charge in [-0.25, -0.2) is 8.42 Å². The van der Waals surface area contributed by atoms with E-state index in [-0.39, 0.29) is 10.8 Å². The van der Waals surface area contributed by atoms with Crippen LogP contribution >= 0.6 is 0 Å². The van der Waals surface area contributed by atoms with Crippen LogP contribution in [0.2, 0.25) is 0 Å². The van der Waals surface area contributed by atoms with Gasteiger partial charge in [-0.05, 0) is 72.1 Å². The summed E-state index contributed by atoms with van der Waals surface area (Å²) >= 11 is 0. The second-order valence-corrected chi connectivity index (χ2v) is 9.65. The molecule has 0 aliphatic carbocycles. The van der Waals surface area contributed by atoms with Crippen molar-refractivity contribution in [1.82, 2.24) is 4.31 Å². The Morgan fingerprint density at radius 2 is 1.67 bits per heavy atom. The standard InChI is InChI=1S/C25H23N3O4S/c1-18-2-5-21(16-24(18)20-6-3-19(17-26)4-7-20)25(29)27-22-8-10-23(11-9-22)33(30,31)28-12-14-32-15-13-28/h2-11,16H,12-15H2,1H3,(H,27,29). The number of hydrogen-bond donors (Lipinski definition) is 1. The third-order valence-corrected chi connectivity index (χ3v) is 7.46. The third-order valence-electron chi connectivity index (χ3n) is 5.54. The Bertz CT molecular complexity index is 1310. The smallest absolute Gasteiger partial charge is 0.255 e. The van der Waals surface area contributed by atoms with Crippen molar-refractivity contribution in [1.29, 1.82) is 5.26 Å². The molecular formula is C25H23N3O4S. The van der Waals surface area contributed by atoms with E-state index < -0.39 is 10.0 Å². The minimum atomic E-state index is -3.59. The lowest BCUT2D eigenvalue weighted by molar-refractivity contribution is 0.0730. The van der Waals surface area contributed by atoms with Crippen molar-refractivity contribution in [3.8, 4) is 17.2 Å². The number of rotatable bonds is 5. The molecule has 168 valence electrons. The monoisotopic (exact) mass is 461 g/mol. The molecule has 1 N–H and O–H groups in total. The van der Waals surface area contributed by atoms with Gasteiger partial charge in [0.2, 0.25) is 10.0 Å². The molecule has 3 aromatic rings.